The molecular weight excluding hydrogens is 248 g/mol. The standard InChI is InChI=1S/C17H26N2O/c1-5-17(10-11-18-12-17)16(20)19(4)14(3)15-8-6-13(2)7-9-15/h6-9,14,18H,5,10-12H2,1-4H3. The Morgan fingerprint density at radius 2 is 2.05 bits per heavy atom. The van der Waals surface area contributed by atoms with E-state index in [1.807, 2.05) is 11.9 Å². The van der Waals surface area contributed by atoms with Crippen LogP contribution in [-0.4, -0.2) is 30.9 Å². The molecule has 0 bridgehead atoms. The summed E-state index contributed by atoms with van der Waals surface area (Å²) >= 11 is 0. The van der Waals surface area contributed by atoms with Crippen LogP contribution in [0.2, 0.25) is 0 Å². The van der Waals surface area contributed by atoms with Gasteiger partial charge in [0.15, 0.2) is 0 Å². The molecule has 110 valence electrons. The van der Waals surface area contributed by atoms with Crippen molar-refractivity contribution < 1.29 is 4.79 Å². The van der Waals surface area contributed by atoms with E-state index in [0.29, 0.717) is 0 Å². The van der Waals surface area contributed by atoms with Crippen LogP contribution in [0.1, 0.15) is 43.9 Å². The second-order valence-electron chi connectivity index (χ2n) is 6.06. The Bertz CT molecular complexity index is 460. The molecule has 3 nitrogen and oxygen atoms in total. The molecule has 2 rings (SSSR count). The molecule has 1 fully saturated rings. The van der Waals surface area contributed by atoms with Gasteiger partial charge in [0.1, 0.15) is 0 Å². The number of hydrogen-bond donors (Lipinski definition) is 1. The molecule has 2 atom stereocenters. The molecule has 1 heterocycles. The van der Waals surface area contributed by atoms with E-state index in [4.69, 9.17) is 0 Å². The Hall–Kier alpha value is -1.35. The Morgan fingerprint density at radius 3 is 2.55 bits per heavy atom. The van der Waals surface area contributed by atoms with E-state index in [0.717, 1.165) is 25.9 Å². The number of hydrogen-bond acceptors (Lipinski definition) is 2. The molecule has 1 aliphatic heterocycles. The lowest BCUT2D eigenvalue weighted by Gasteiger charge is -2.34. The van der Waals surface area contributed by atoms with E-state index in [1.54, 1.807) is 0 Å². The maximum atomic E-state index is 12.9. The van der Waals surface area contributed by atoms with Crippen molar-refractivity contribution in [3.05, 3.63) is 35.4 Å². The van der Waals surface area contributed by atoms with Crippen LogP contribution < -0.4 is 5.32 Å². The average Bonchev–Trinajstić information content (AvgIpc) is 2.96. The molecule has 1 aromatic rings. The largest absolute Gasteiger partial charge is 0.338 e. The Morgan fingerprint density at radius 1 is 1.40 bits per heavy atom. The highest BCUT2D eigenvalue weighted by atomic mass is 16.2. The van der Waals surface area contributed by atoms with E-state index < -0.39 is 0 Å². The molecule has 2 unspecified atom stereocenters. The summed E-state index contributed by atoms with van der Waals surface area (Å²) in [5, 5.41) is 3.34. The van der Waals surface area contributed by atoms with Crippen LogP contribution in [0, 0.1) is 12.3 Å². The highest BCUT2D eigenvalue weighted by Crippen LogP contribution is 2.34. The molecule has 0 saturated carbocycles. The van der Waals surface area contributed by atoms with Gasteiger partial charge in [-0.3, -0.25) is 4.79 Å². The number of carbonyl (C=O) groups is 1. The molecule has 1 N–H and O–H groups in total. The number of rotatable bonds is 4. The van der Waals surface area contributed by atoms with Gasteiger partial charge in [-0.1, -0.05) is 36.8 Å². The summed E-state index contributed by atoms with van der Waals surface area (Å²) in [6, 6.07) is 8.57. The number of aryl methyl sites for hydroxylation is 1. The Labute approximate surface area is 122 Å². The fraction of sp³-hybridized carbons (Fsp3) is 0.588. The van der Waals surface area contributed by atoms with Gasteiger partial charge in [-0.25, -0.2) is 0 Å². The van der Waals surface area contributed by atoms with Crippen LogP contribution in [0.5, 0.6) is 0 Å². The zero-order valence-electron chi connectivity index (χ0n) is 13.1. The van der Waals surface area contributed by atoms with Crippen molar-refractivity contribution in [2.75, 3.05) is 20.1 Å². The fourth-order valence-corrected chi connectivity index (χ4v) is 3.00. The maximum absolute atomic E-state index is 12.9. The number of amides is 1. The summed E-state index contributed by atoms with van der Waals surface area (Å²) in [5.74, 6) is 0.276. The molecule has 0 radical (unpaired) electrons. The average molecular weight is 274 g/mol. The number of carbonyl (C=O) groups excluding carboxylic acids is 1. The number of nitrogens with zero attached hydrogens (tertiary/aromatic N) is 1. The van der Waals surface area contributed by atoms with Gasteiger partial charge in [0.25, 0.3) is 0 Å². The van der Waals surface area contributed by atoms with Crippen LogP contribution in [0.3, 0.4) is 0 Å². The van der Waals surface area contributed by atoms with E-state index >= 15 is 0 Å². The summed E-state index contributed by atoms with van der Waals surface area (Å²) in [6.45, 7) is 8.07. The lowest BCUT2D eigenvalue weighted by Crippen LogP contribution is -2.44. The highest BCUT2D eigenvalue weighted by molar-refractivity contribution is 5.83. The molecule has 1 aromatic carbocycles. The van der Waals surface area contributed by atoms with Crippen molar-refractivity contribution in [3.63, 3.8) is 0 Å². The first-order valence-corrected chi connectivity index (χ1v) is 7.55. The van der Waals surface area contributed by atoms with Crippen LogP contribution in [0.4, 0.5) is 0 Å². The van der Waals surface area contributed by atoms with Crippen LogP contribution in [0.15, 0.2) is 24.3 Å². The smallest absolute Gasteiger partial charge is 0.230 e. The van der Waals surface area contributed by atoms with E-state index in [-0.39, 0.29) is 17.4 Å². The molecule has 1 amide bonds. The molecule has 1 aliphatic rings. The summed E-state index contributed by atoms with van der Waals surface area (Å²) in [4.78, 5) is 14.8. The zero-order chi connectivity index (χ0) is 14.8. The monoisotopic (exact) mass is 274 g/mol. The van der Waals surface area contributed by atoms with Gasteiger partial charge in [-0.05, 0) is 38.8 Å². The van der Waals surface area contributed by atoms with Crippen molar-refractivity contribution in [1.29, 1.82) is 0 Å². The lowest BCUT2D eigenvalue weighted by molar-refractivity contribution is -0.142. The normalized spacial score (nSPS) is 23.6. The molecule has 1 saturated heterocycles. The van der Waals surface area contributed by atoms with Gasteiger partial charge in [-0.2, -0.15) is 0 Å². The Kier molecular flexibility index (Phi) is 4.48. The summed E-state index contributed by atoms with van der Waals surface area (Å²) < 4.78 is 0. The first kappa shape index (κ1) is 15.0. The predicted octanol–water partition coefficient (Wildman–Crippen LogP) is 2.90. The fourth-order valence-electron chi connectivity index (χ4n) is 3.00. The summed E-state index contributed by atoms with van der Waals surface area (Å²) in [7, 11) is 1.93. The SMILES string of the molecule is CCC1(C(=O)N(C)C(C)c2ccc(C)cc2)CCNC1. The van der Waals surface area contributed by atoms with Gasteiger partial charge in [0.2, 0.25) is 5.91 Å². The highest BCUT2D eigenvalue weighted by Gasteiger charge is 2.42. The van der Waals surface area contributed by atoms with E-state index in [1.165, 1.54) is 11.1 Å². The minimum Gasteiger partial charge on any atom is -0.338 e. The van der Waals surface area contributed by atoms with Gasteiger partial charge in [0.05, 0.1) is 11.5 Å². The quantitative estimate of drug-likeness (QED) is 0.915. The number of benzene rings is 1. The predicted molar refractivity (Wildman–Crippen MR) is 82.6 cm³/mol. The third-order valence-corrected chi connectivity index (χ3v) is 4.84. The second kappa shape index (κ2) is 5.96. The summed E-state index contributed by atoms with van der Waals surface area (Å²) in [5.41, 5.74) is 2.25. The lowest BCUT2D eigenvalue weighted by atomic mass is 9.82. The van der Waals surface area contributed by atoms with Crippen LogP contribution in [0.25, 0.3) is 0 Å². The van der Waals surface area contributed by atoms with E-state index in [2.05, 4.69) is 50.4 Å². The molecular formula is C17H26N2O. The second-order valence-corrected chi connectivity index (χ2v) is 6.06. The van der Waals surface area contributed by atoms with Crippen molar-refractivity contribution >= 4 is 5.91 Å². The Balaban J connectivity index is 2.15. The zero-order valence-corrected chi connectivity index (χ0v) is 13.1. The molecule has 0 aliphatic carbocycles. The third-order valence-electron chi connectivity index (χ3n) is 4.84. The van der Waals surface area contributed by atoms with Gasteiger partial charge < -0.3 is 10.2 Å². The molecule has 0 spiro atoms. The van der Waals surface area contributed by atoms with Crippen molar-refractivity contribution in [2.24, 2.45) is 5.41 Å². The molecule has 3 heteroatoms. The minimum absolute atomic E-state index is 0.118. The topological polar surface area (TPSA) is 32.3 Å². The summed E-state index contributed by atoms with van der Waals surface area (Å²) in [6.07, 6.45) is 1.86. The molecule has 0 aromatic heterocycles. The van der Waals surface area contributed by atoms with Crippen molar-refractivity contribution in [2.45, 2.75) is 39.7 Å². The van der Waals surface area contributed by atoms with Crippen molar-refractivity contribution in [3.8, 4) is 0 Å². The first-order valence-electron chi connectivity index (χ1n) is 7.55. The van der Waals surface area contributed by atoms with E-state index in [9.17, 15) is 4.79 Å². The van der Waals surface area contributed by atoms with Gasteiger partial charge in [0, 0.05) is 13.6 Å². The third kappa shape index (κ3) is 2.73. The van der Waals surface area contributed by atoms with Gasteiger partial charge >= 0.3 is 0 Å². The van der Waals surface area contributed by atoms with Gasteiger partial charge in [-0.15, -0.1) is 0 Å². The molecule has 20 heavy (non-hydrogen) atoms. The van der Waals surface area contributed by atoms with Crippen molar-refractivity contribution in [1.82, 2.24) is 10.2 Å². The number of nitrogens with one attached hydrogen (secondary N) is 1. The maximum Gasteiger partial charge on any atom is 0.230 e. The van der Waals surface area contributed by atoms with Crippen LogP contribution in [-0.2, 0) is 4.79 Å². The minimum atomic E-state index is -0.201. The van der Waals surface area contributed by atoms with Crippen LogP contribution >= 0.6 is 0 Å². The first-order chi connectivity index (χ1) is 9.50.